The van der Waals surface area contributed by atoms with Crippen molar-refractivity contribution < 1.29 is 13.2 Å². The molecule has 1 amide bonds. The van der Waals surface area contributed by atoms with Gasteiger partial charge in [0.2, 0.25) is 10.0 Å². The zero-order valence-electron chi connectivity index (χ0n) is 19.0. The predicted molar refractivity (Wildman–Crippen MR) is 122 cm³/mol. The van der Waals surface area contributed by atoms with Crippen LogP contribution in [-0.4, -0.2) is 54.2 Å². The Hall–Kier alpha value is -2.71. The van der Waals surface area contributed by atoms with Crippen LogP contribution in [-0.2, 0) is 30.0 Å². The highest BCUT2D eigenvalue weighted by Gasteiger charge is 2.23. The van der Waals surface area contributed by atoms with Gasteiger partial charge >= 0.3 is 0 Å². The molecule has 3 aromatic rings. The Bertz CT molecular complexity index is 1200. The third kappa shape index (κ3) is 4.80. The molecule has 0 aliphatic heterocycles. The molecule has 0 unspecified atom stereocenters. The van der Waals surface area contributed by atoms with Gasteiger partial charge in [0.1, 0.15) is 5.82 Å². The monoisotopic (exact) mass is 442 g/mol. The second-order valence-corrected chi connectivity index (χ2v) is 10.5. The molecular formula is C23H30N4O3S. The van der Waals surface area contributed by atoms with E-state index in [4.69, 9.17) is 0 Å². The van der Waals surface area contributed by atoms with Gasteiger partial charge in [0.05, 0.1) is 22.5 Å². The minimum Gasteiger partial charge on any atom is -0.345 e. The summed E-state index contributed by atoms with van der Waals surface area (Å²) in [6.45, 7) is 4.39. The zero-order valence-corrected chi connectivity index (χ0v) is 19.8. The van der Waals surface area contributed by atoms with Crippen molar-refractivity contribution in [3.05, 3.63) is 59.4 Å². The maximum absolute atomic E-state index is 13.1. The van der Waals surface area contributed by atoms with Gasteiger partial charge in [0.15, 0.2) is 0 Å². The van der Waals surface area contributed by atoms with Crippen molar-refractivity contribution in [3.8, 4) is 0 Å². The molecule has 0 radical (unpaired) electrons. The van der Waals surface area contributed by atoms with Crippen LogP contribution in [0.2, 0.25) is 0 Å². The first-order valence-electron chi connectivity index (χ1n) is 10.2. The third-order valence-electron chi connectivity index (χ3n) is 5.27. The van der Waals surface area contributed by atoms with Gasteiger partial charge in [0, 0.05) is 33.8 Å². The largest absolute Gasteiger partial charge is 0.345 e. The lowest BCUT2D eigenvalue weighted by atomic mass is 10.0. The second-order valence-electron chi connectivity index (χ2n) is 8.49. The number of carbonyl (C=O) groups is 1. The van der Waals surface area contributed by atoms with Crippen molar-refractivity contribution in [2.24, 2.45) is 13.0 Å². The van der Waals surface area contributed by atoms with Gasteiger partial charge in [-0.2, -0.15) is 4.31 Å². The van der Waals surface area contributed by atoms with Crippen molar-refractivity contribution in [3.63, 3.8) is 0 Å². The fourth-order valence-electron chi connectivity index (χ4n) is 3.52. The molecule has 1 aromatic heterocycles. The average molecular weight is 443 g/mol. The number of aryl methyl sites for hydroxylation is 1. The molecular weight excluding hydrogens is 412 g/mol. The number of hydrogen-bond donors (Lipinski definition) is 0. The first kappa shape index (κ1) is 23.0. The van der Waals surface area contributed by atoms with Gasteiger partial charge in [-0.15, -0.1) is 0 Å². The van der Waals surface area contributed by atoms with Crippen LogP contribution in [0.25, 0.3) is 11.0 Å². The van der Waals surface area contributed by atoms with Crippen LogP contribution in [0, 0.1) is 5.92 Å². The molecule has 0 atom stereocenters. The van der Waals surface area contributed by atoms with Gasteiger partial charge < -0.3 is 9.47 Å². The van der Waals surface area contributed by atoms with E-state index < -0.39 is 10.0 Å². The van der Waals surface area contributed by atoms with Crippen LogP contribution in [0.3, 0.4) is 0 Å². The van der Waals surface area contributed by atoms with Gasteiger partial charge in [-0.05, 0) is 48.2 Å². The number of amides is 1. The summed E-state index contributed by atoms with van der Waals surface area (Å²) in [5.41, 5.74) is 3.17. The van der Waals surface area contributed by atoms with Crippen LogP contribution in [0.15, 0.2) is 47.4 Å². The summed E-state index contributed by atoms with van der Waals surface area (Å²) >= 11 is 0. The van der Waals surface area contributed by atoms with Crippen LogP contribution >= 0.6 is 0 Å². The molecule has 0 spiro atoms. The molecule has 0 fully saturated rings. The lowest BCUT2D eigenvalue weighted by molar-refractivity contribution is 0.0827. The smallest absolute Gasteiger partial charge is 0.253 e. The van der Waals surface area contributed by atoms with E-state index >= 15 is 0 Å². The summed E-state index contributed by atoms with van der Waals surface area (Å²) in [6.07, 6.45) is 0.911. The van der Waals surface area contributed by atoms with E-state index in [1.165, 1.54) is 9.21 Å². The predicted octanol–water partition coefficient (Wildman–Crippen LogP) is 3.29. The standard InChI is InChI=1S/C23H30N4O3S/c1-16(2)13-17-7-10-19(11-8-17)31(29,30)26(5)15-22-24-20-14-18(23(28)25(3)4)9-12-21(20)27(22)6/h7-12,14,16H,13,15H2,1-6H3. The van der Waals surface area contributed by atoms with Gasteiger partial charge in [0.25, 0.3) is 5.91 Å². The Balaban J connectivity index is 1.85. The molecule has 0 N–H and O–H groups in total. The maximum Gasteiger partial charge on any atom is 0.253 e. The fourth-order valence-corrected chi connectivity index (χ4v) is 4.64. The lowest BCUT2D eigenvalue weighted by Gasteiger charge is -2.17. The molecule has 0 saturated carbocycles. The summed E-state index contributed by atoms with van der Waals surface area (Å²) in [6, 6.07) is 12.4. The summed E-state index contributed by atoms with van der Waals surface area (Å²) in [5.74, 6) is 1.01. The van der Waals surface area contributed by atoms with E-state index in [0.717, 1.165) is 17.5 Å². The van der Waals surface area contributed by atoms with Crippen LogP contribution < -0.4 is 0 Å². The Labute approximate surface area is 184 Å². The number of nitrogens with zero attached hydrogens (tertiary/aromatic N) is 4. The molecule has 166 valence electrons. The van der Waals surface area contributed by atoms with E-state index in [9.17, 15) is 13.2 Å². The van der Waals surface area contributed by atoms with Crippen LogP contribution in [0.5, 0.6) is 0 Å². The molecule has 0 saturated heterocycles. The molecule has 0 aliphatic carbocycles. The van der Waals surface area contributed by atoms with E-state index in [1.807, 2.05) is 29.8 Å². The average Bonchev–Trinajstić information content (AvgIpc) is 3.02. The van der Waals surface area contributed by atoms with Crippen molar-refractivity contribution in [1.29, 1.82) is 0 Å². The van der Waals surface area contributed by atoms with E-state index in [2.05, 4.69) is 18.8 Å². The summed E-state index contributed by atoms with van der Waals surface area (Å²) < 4.78 is 29.3. The molecule has 8 heteroatoms. The van der Waals surface area contributed by atoms with Crippen LogP contribution in [0.4, 0.5) is 0 Å². The van der Waals surface area contributed by atoms with Gasteiger partial charge in [-0.25, -0.2) is 13.4 Å². The highest BCUT2D eigenvalue weighted by atomic mass is 32.2. The van der Waals surface area contributed by atoms with Crippen LogP contribution in [0.1, 0.15) is 35.6 Å². The Morgan fingerprint density at radius 2 is 1.71 bits per heavy atom. The molecule has 1 heterocycles. The first-order valence-corrected chi connectivity index (χ1v) is 11.7. The van der Waals surface area contributed by atoms with Crippen molar-refractivity contribution in [1.82, 2.24) is 18.8 Å². The summed E-state index contributed by atoms with van der Waals surface area (Å²) in [4.78, 5) is 18.6. The highest BCUT2D eigenvalue weighted by Crippen LogP contribution is 2.22. The number of benzene rings is 2. The number of aromatic nitrogens is 2. The Kier molecular flexibility index (Phi) is 6.52. The Morgan fingerprint density at radius 1 is 1.06 bits per heavy atom. The van der Waals surface area contributed by atoms with Gasteiger partial charge in [-0.1, -0.05) is 26.0 Å². The molecule has 3 rings (SSSR count). The topological polar surface area (TPSA) is 75.5 Å². The molecule has 2 aromatic carbocycles. The highest BCUT2D eigenvalue weighted by molar-refractivity contribution is 7.89. The third-order valence-corrected chi connectivity index (χ3v) is 7.08. The SMILES string of the molecule is CC(C)Cc1ccc(S(=O)(=O)N(C)Cc2nc3cc(C(=O)N(C)C)ccc3n2C)cc1. The van der Waals surface area contributed by atoms with Crippen molar-refractivity contribution >= 4 is 27.0 Å². The summed E-state index contributed by atoms with van der Waals surface area (Å²) in [7, 11) is 3.15. The number of sulfonamides is 1. The maximum atomic E-state index is 13.1. The van der Waals surface area contributed by atoms with E-state index in [1.54, 1.807) is 45.4 Å². The molecule has 7 nitrogen and oxygen atoms in total. The number of rotatable bonds is 7. The Morgan fingerprint density at radius 3 is 2.29 bits per heavy atom. The number of imidazole rings is 1. The number of carbonyl (C=O) groups excluding carboxylic acids is 1. The second kappa shape index (κ2) is 8.80. The first-order chi connectivity index (χ1) is 14.5. The minimum absolute atomic E-state index is 0.102. The number of hydrogen-bond acceptors (Lipinski definition) is 4. The van der Waals surface area contributed by atoms with E-state index in [0.29, 0.717) is 22.8 Å². The van der Waals surface area contributed by atoms with Crippen molar-refractivity contribution in [2.45, 2.75) is 31.7 Å². The molecule has 0 aliphatic rings. The van der Waals surface area contributed by atoms with Gasteiger partial charge in [-0.3, -0.25) is 4.79 Å². The normalized spacial score (nSPS) is 12.1. The van der Waals surface area contributed by atoms with Crippen molar-refractivity contribution in [2.75, 3.05) is 21.1 Å². The zero-order chi connectivity index (χ0) is 22.9. The minimum atomic E-state index is -3.65. The number of fused-ring (bicyclic) bond motifs is 1. The molecule has 31 heavy (non-hydrogen) atoms. The quantitative estimate of drug-likeness (QED) is 0.563. The molecule has 0 bridgehead atoms. The summed E-state index contributed by atoms with van der Waals surface area (Å²) in [5, 5.41) is 0. The van der Waals surface area contributed by atoms with E-state index in [-0.39, 0.29) is 17.3 Å². The fraction of sp³-hybridized carbons (Fsp3) is 0.391. The lowest BCUT2D eigenvalue weighted by Crippen LogP contribution is -2.27.